The van der Waals surface area contributed by atoms with E-state index in [1.165, 1.54) is 25.1 Å². The molecule has 0 saturated carbocycles. The number of halogens is 3. The Bertz CT molecular complexity index is 1070. The van der Waals surface area contributed by atoms with Crippen LogP contribution < -0.4 is 5.43 Å². The molecule has 28 heavy (non-hydrogen) atoms. The van der Waals surface area contributed by atoms with Crippen molar-refractivity contribution in [2.45, 2.75) is 20.3 Å². The number of fused-ring (bicyclic) bond motifs is 1. The fourth-order valence-electron chi connectivity index (χ4n) is 2.31. The van der Waals surface area contributed by atoms with E-state index in [2.05, 4.69) is 31.9 Å². The van der Waals surface area contributed by atoms with Crippen molar-refractivity contribution in [2.75, 3.05) is 0 Å². The minimum Gasteiger partial charge on any atom is -0.507 e. The molecule has 0 aliphatic rings. The second-order valence-electron chi connectivity index (χ2n) is 5.83. The second kappa shape index (κ2) is 10.5. The lowest BCUT2D eigenvalue weighted by Crippen LogP contribution is -2.04. The highest BCUT2D eigenvalue weighted by molar-refractivity contribution is 9.10. The first-order valence-electron chi connectivity index (χ1n) is 7.88. The number of carbonyl (C=O) groups is 2. The molecule has 0 aliphatic carbocycles. The van der Waals surface area contributed by atoms with Crippen molar-refractivity contribution in [3.63, 3.8) is 0 Å². The molecule has 0 bridgehead atoms. The molecular weight excluding hydrogens is 515 g/mol. The standard InChI is InChI=1S/C10H9BrO3.C10H7BrO2.ClH/c1-6(12)4-9(13)8-3-2-7(11)5-10(8)14;1-6-4-9(12)8-3-2-7(11)5-10(8)13-6;/h2-3,5,14H,4H2,1H3;2-5H,1H3;1H. The van der Waals surface area contributed by atoms with Gasteiger partial charge in [-0.05, 0) is 50.2 Å². The summed E-state index contributed by atoms with van der Waals surface area (Å²) < 4.78 is 6.99. The molecule has 5 nitrogen and oxygen atoms in total. The summed E-state index contributed by atoms with van der Waals surface area (Å²) in [6, 6.07) is 11.4. The normalized spacial score (nSPS) is 9.86. The Morgan fingerprint density at radius 3 is 2.25 bits per heavy atom. The zero-order chi connectivity index (χ0) is 20.1. The van der Waals surface area contributed by atoms with Crippen LogP contribution in [0.3, 0.4) is 0 Å². The van der Waals surface area contributed by atoms with Gasteiger partial charge in [0.25, 0.3) is 0 Å². The third-order valence-corrected chi connectivity index (χ3v) is 4.47. The summed E-state index contributed by atoms with van der Waals surface area (Å²) in [6.45, 7) is 3.11. The Morgan fingerprint density at radius 2 is 1.64 bits per heavy atom. The molecule has 3 rings (SSSR count). The summed E-state index contributed by atoms with van der Waals surface area (Å²) in [6.07, 6.45) is -0.171. The highest BCUT2D eigenvalue weighted by Crippen LogP contribution is 2.23. The lowest BCUT2D eigenvalue weighted by atomic mass is 10.1. The van der Waals surface area contributed by atoms with E-state index < -0.39 is 0 Å². The number of phenols is 1. The van der Waals surface area contributed by atoms with E-state index in [1.807, 2.05) is 6.07 Å². The van der Waals surface area contributed by atoms with Crippen LogP contribution in [0, 0.1) is 6.92 Å². The smallest absolute Gasteiger partial charge is 0.192 e. The predicted octanol–water partition coefficient (Wildman–Crippen LogP) is 5.60. The Kier molecular flexibility index (Phi) is 9.07. The molecule has 2 aromatic carbocycles. The highest BCUT2D eigenvalue weighted by atomic mass is 79.9. The monoisotopic (exact) mass is 530 g/mol. The Labute approximate surface area is 184 Å². The van der Waals surface area contributed by atoms with E-state index in [0.29, 0.717) is 21.2 Å². The molecular formula is C20H17Br2ClO5. The van der Waals surface area contributed by atoms with Gasteiger partial charge in [0, 0.05) is 15.0 Å². The van der Waals surface area contributed by atoms with Gasteiger partial charge in [0.1, 0.15) is 22.9 Å². The van der Waals surface area contributed by atoms with E-state index in [4.69, 9.17) is 4.42 Å². The van der Waals surface area contributed by atoms with E-state index in [-0.39, 0.29) is 47.1 Å². The van der Waals surface area contributed by atoms with Crippen molar-refractivity contribution in [3.05, 3.63) is 73.0 Å². The van der Waals surface area contributed by atoms with Gasteiger partial charge in [-0.3, -0.25) is 14.4 Å². The molecule has 8 heteroatoms. The molecule has 0 spiro atoms. The zero-order valence-electron chi connectivity index (χ0n) is 15.0. The van der Waals surface area contributed by atoms with E-state index in [0.717, 1.165) is 4.47 Å². The van der Waals surface area contributed by atoms with Gasteiger partial charge in [-0.25, -0.2) is 0 Å². The molecule has 0 fully saturated rings. The summed E-state index contributed by atoms with van der Waals surface area (Å²) in [5.41, 5.74) is 0.814. The molecule has 1 heterocycles. The number of ketones is 2. The van der Waals surface area contributed by atoms with Crippen LogP contribution in [0.4, 0.5) is 0 Å². The van der Waals surface area contributed by atoms with Crippen molar-refractivity contribution < 1.29 is 19.1 Å². The van der Waals surface area contributed by atoms with Crippen LogP contribution in [0.25, 0.3) is 11.0 Å². The van der Waals surface area contributed by atoms with Crippen LogP contribution in [0.2, 0.25) is 0 Å². The predicted molar refractivity (Wildman–Crippen MR) is 118 cm³/mol. The van der Waals surface area contributed by atoms with Gasteiger partial charge in [0.05, 0.1) is 17.4 Å². The maximum Gasteiger partial charge on any atom is 0.192 e. The third-order valence-electron chi connectivity index (χ3n) is 3.48. The molecule has 0 aliphatic heterocycles. The highest BCUT2D eigenvalue weighted by Gasteiger charge is 2.12. The van der Waals surface area contributed by atoms with Crippen molar-refractivity contribution in [2.24, 2.45) is 0 Å². The number of hydrogen-bond donors (Lipinski definition) is 1. The van der Waals surface area contributed by atoms with Crippen molar-refractivity contribution >= 4 is 66.8 Å². The fourth-order valence-corrected chi connectivity index (χ4v) is 3.00. The quantitative estimate of drug-likeness (QED) is 0.351. The largest absolute Gasteiger partial charge is 0.507 e. The number of rotatable bonds is 3. The molecule has 0 amide bonds. The zero-order valence-corrected chi connectivity index (χ0v) is 19.0. The van der Waals surface area contributed by atoms with Gasteiger partial charge in [0.2, 0.25) is 0 Å². The molecule has 1 aromatic heterocycles. The van der Waals surface area contributed by atoms with Crippen molar-refractivity contribution in [1.29, 1.82) is 0 Å². The Morgan fingerprint density at radius 1 is 1.04 bits per heavy atom. The first kappa shape index (κ1) is 24.1. The van der Waals surface area contributed by atoms with E-state index in [1.54, 1.807) is 25.1 Å². The van der Waals surface area contributed by atoms with Gasteiger partial charge < -0.3 is 9.52 Å². The van der Waals surface area contributed by atoms with Gasteiger partial charge in [-0.15, -0.1) is 12.4 Å². The number of aryl methyl sites for hydroxylation is 1. The maximum atomic E-state index is 11.4. The van der Waals surface area contributed by atoms with E-state index in [9.17, 15) is 19.5 Å². The average molecular weight is 533 g/mol. The van der Waals surface area contributed by atoms with Gasteiger partial charge in [-0.1, -0.05) is 31.9 Å². The summed E-state index contributed by atoms with van der Waals surface area (Å²) >= 11 is 6.48. The van der Waals surface area contributed by atoms with Crippen LogP contribution in [-0.4, -0.2) is 16.7 Å². The number of Topliss-reactive ketones (excluding diaryl/α,β-unsaturated/α-hetero) is 2. The number of hydrogen-bond acceptors (Lipinski definition) is 5. The van der Waals surface area contributed by atoms with Crippen LogP contribution in [0.15, 0.2) is 60.6 Å². The molecule has 1 N–H and O–H groups in total. The van der Waals surface area contributed by atoms with Crippen molar-refractivity contribution in [3.8, 4) is 5.75 Å². The Hall–Kier alpha value is -1.96. The van der Waals surface area contributed by atoms with Crippen LogP contribution in [0.5, 0.6) is 5.75 Å². The molecule has 0 saturated heterocycles. The maximum absolute atomic E-state index is 11.4. The lowest BCUT2D eigenvalue weighted by Gasteiger charge is -2.02. The number of carbonyl (C=O) groups excluding carboxylic acids is 2. The van der Waals surface area contributed by atoms with Crippen LogP contribution in [0.1, 0.15) is 29.5 Å². The van der Waals surface area contributed by atoms with Crippen LogP contribution in [-0.2, 0) is 4.79 Å². The number of phenolic OH excluding ortho intramolecular Hbond substituents is 1. The van der Waals surface area contributed by atoms with E-state index >= 15 is 0 Å². The molecule has 148 valence electrons. The average Bonchev–Trinajstić information content (AvgIpc) is 2.53. The summed E-state index contributed by atoms with van der Waals surface area (Å²) in [4.78, 5) is 33.5. The van der Waals surface area contributed by atoms with Gasteiger partial charge in [0.15, 0.2) is 11.2 Å². The minimum absolute atomic E-state index is 0. The lowest BCUT2D eigenvalue weighted by molar-refractivity contribution is -0.116. The second-order valence-corrected chi connectivity index (χ2v) is 7.66. The van der Waals surface area contributed by atoms with Gasteiger partial charge >= 0.3 is 0 Å². The third kappa shape index (κ3) is 6.58. The molecule has 0 atom stereocenters. The van der Waals surface area contributed by atoms with Crippen LogP contribution >= 0.6 is 44.3 Å². The number of benzene rings is 2. The fraction of sp³-hybridized carbons (Fsp3) is 0.150. The molecule has 0 unspecified atom stereocenters. The summed E-state index contributed by atoms with van der Waals surface area (Å²) in [7, 11) is 0. The van der Waals surface area contributed by atoms with Gasteiger partial charge in [-0.2, -0.15) is 0 Å². The molecule has 3 aromatic rings. The topological polar surface area (TPSA) is 84.6 Å². The number of aromatic hydroxyl groups is 1. The summed E-state index contributed by atoms with van der Waals surface area (Å²) in [5.74, 6) is -0.0407. The van der Waals surface area contributed by atoms with Crippen molar-refractivity contribution in [1.82, 2.24) is 0 Å². The first-order valence-corrected chi connectivity index (χ1v) is 9.47. The summed E-state index contributed by atoms with van der Waals surface area (Å²) in [5, 5.41) is 10.0. The Balaban J connectivity index is 0.000000271. The minimum atomic E-state index is -0.359. The SMILES string of the molecule is CC(=O)CC(=O)c1ccc(Br)cc1O.Cc1cc(=O)c2ccc(Br)cc2o1.Cl. The first-order chi connectivity index (χ1) is 12.7. The molecule has 0 radical (unpaired) electrons.